The monoisotopic (exact) mass is 367 g/mol. The lowest BCUT2D eigenvalue weighted by atomic mass is 10.1. The molecule has 1 saturated heterocycles. The minimum Gasteiger partial charge on any atom is -0.339 e. The second-order valence-corrected chi connectivity index (χ2v) is 8.28. The van der Waals surface area contributed by atoms with Crippen molar-refractivity contribution in [2.75, 3.05) is 43.3 Å². The maximum atomic E-state index is 12.6. The molecule has 7 nitrogen and oxygen atoms in total. The number of hydrogen-bond acceptors (Lipinski definition) is 4. The van der Waals surface area contributed by atoms with Crippen LogP contribution in [0.25, 0.3) is 0 Å². The van der Waals surface area contributed by atoms with Crippen LogP contribution in [0.2, 0.25) is 0 Å². The molecule has 8 heteroatoms. The van der Waals surface area contributed by atoms with Crippen LogP contribution < -0.4 is 4.31 Å². The molecule has 0 aromatic heterocycles. The van der Waals surface area contributed by atoms with Gasteiger partial charge in [0.1, 0.15) is 6.54 Å². The number of piperazine rings is 1. The first-order valence-corrected chi connectivity index (χ1v) is 10.0. The summed E-state index contributed by atoms with van der Waals surface area (Å²) in [5.41, 5.74) is 2.33. The molecule has 1 heterocycles. The highest BCUT2D eigenvalue weighted by Gasteiger charge is 2.28. The SMILES string of the molecule is CC(=O)N1CCN(C(=O)CN(c2cccc(C)c2C)S(C)(=O)=O)CC1. The van der Waals surface area contributed by atoms with Crippen molar-refractivity contribution in [3.63, 3.8) is 0 Å². The van der Waals surface area contributed by atoms with E-state index in [1.165, 1.54) is 6.92 Å². The lowest BCUT2D eigenvalue weighted by molar-refractivity contribution is -0.137. The van der Waals surface area contributed by atoms with Gasteiger partial charge in [0.25, 0.3) is 0 Å². The van der Waals surface area contributed by atoms with Crippen LogP contribution in [0.5, 0.6) is 0 Å². The molecule has 2 amide bonds. The standard InChI is InChI=1S/C17H25N3O4S/c1-13-6-5-7-16(14(13)2)20(25(4,23)24)12-17(22)19-10-8-18(9-11-19)15(3)21/h5-7H,8-12H2,1-4H3. The minimum absolute atomic E-state index is 0.0137. The summed E-state index contributed by atoms with van der Waals surface area (Å²) >= 11 is 0. The smallest absolute Gasteiger partial charge is 0.243 e. The Kier molecular flexibility index (Phi) is 5.72. The third-order valence-corrected chi connectivity index (χ3v) is 5.73. The van der Waals surface area contributed by atoms with Crippen molar-refractivity contribution < 1.29 is 18.0 Å². The van der Waals surface area contributed by atoms with Crippen LogP contribution in [0.1, 0.15) is 18.1 Å². The summed E-state index contributed by atoms with van der Waals surface area (Å²) in [5.74, 6) is -0.269. The highest BCUT2D eigenvalue weighted by atomic mass is 32.2. The molecular weight excluding hydrogens is 342 g/mol. The largest absolute Gasteiger partial charge is 0.339 e. The summed E-state index contributed by atoms with van der Waals surface area (Å²) in [4.78, 5) is 27.3. The fourth-order valence-corrected chi connectivity index (χ4v) is 3.78. The highest BCUT2D eigenvalue weighted by molar-refractivity contribution is 7.92. The van der Waals surface area contributed by atoms with E-state index in [-0.39, 0.29) is 18.4 Å². The van der Waals surface area contributed by atoms with Crippen LogP contribution in [0.15, 0.2) is 18.2 Å². The summed E-state index contributed by atoms with van der Waals surface area (Å²) in [6.45, 7) is 6.81. The number of sulfonamides is 1. The van der Waals surface area contributed by atoms with Gasteiger partial charge in [-0.3, -0.25) is 13.9 Å². The van der Waals surface area contributed by atoms with Gasteiger partial charge in [-0.15, -0.1) is 0 Å². The summed E-state index contributed by atoms with van der Waals surface area (Å²) in [6.07, 6.45) is 1.11. The van der Waals surface area contributed by atoms with Crippen molar-refractivity contribution in [3.8, 4) is 0 Å². The summed E-state index contributed by atoms with van der Waals surface area (Å²) < 4.78 is 25.7. The van der Waals surface area contributed by atoms with E-state index in [0.29, 0.717) is 31.9 Å². The molecular formula is C17H25N3O4S. The van der Waals surface area contributed by atoms with Crippen molar-refractivity contribution >= 4 is 27.5 Å². The highest BCUT2D eigenvalue weighted by Crippen LogP contribution is 2.25. The molecule has 138 valence electrons. The van der Waals surface area contributed by atoms with Crippen LogP contribution in [0, 0.1) is 13.8 Å². The van der Waals surface area contributed by atoms with Gasteiger partial charge in [-0.25, -0.2) is 8.42 Å². The fraction of sp³-hybridized carbons (Fsp3) is 0.529. The maximum absolute atomic E-state index is 12.6. The number of amides is 2. The molecule has 1 aromatic carbocycles. The van der Waals surface area contributed by atoms with Crippen molar-refractivity contribution in [2.24, 2.45) is 0 Å². The second kappa shape index (κ2) is 7.43. The van der Waals surface area contributed by atoms with Gasteiger partial charge in [0.15, 0.2) is 0 Å². The van der Waals surface area contributed by atoms with Gasteiger partial charge in [0.2, 0.25) is 21.8 Å². The molecule has 0 saturated carbocycles. The molecule has 0 radical (unpaired) electrons. The van der Waals surface area contributed by atoms with Crippen LogP contribution in [0.4, 0.5) is 5.69 Å². The first kappa shape index (κ1) is 19.2. The van der Waals surface area contributed by atoms with E-state index in [1.54, 1.807) is 21.9 Å². The molecule has 1 aliphatic rings. The number of carbonyl (C=O) groups excluding carboxylic acids is 2. The molecule has 0 N–H and O–H groups in total. The van der Waals surface area contributed by atoms with Crippen LogP contribution in [0.3, 0.4) is 0 Å². The number of hydrogen-bond donors (Lipinski definition) is 0. The third kappa shape index (κ3) is 4.50. The molecule has 1 fully saturated rings. The number of aryl methyl sites for hydroxylation is 1. The lowest BCUT2D eigenvalue weighted by Crippen LogP contribution is -2.52. The van der Waals surface area contributed by atoms with Gasteiger partial charge in [-0.2, -0.15) is 0 Å². The van der Waals surface area contributed by atoms with Crippen molar-refractivity contribution in [1.82, 2.24) is 9.80 Å². The Morgan fingerprint density at radius 3 is 2.16 bits per heavy atom. The second-order valence-electron chi connectivity index (χ2n) is 6.38. The number of benzene rings is 1. The molecule has 1 aromatic rings. The maximum Gasteiger partial charge on any atom is 0.243 e. The van der Waals surface area contributed by atoms with Gasteiger partial charge in [0, 0.05) is 33.1 Å². The van der Waals surface area contributed by atoms with Gasteiger partial charge >= 0.3 is 0 Å². The Labute approximate surface area is 149 Å². The molecule has 0 atom stereocenters. The fourth-order valence-electron chi connectivity index (χ4n) is 2.88. The van der Waals surface area contributed by atoms with E-state index >= 15 is 0 Å². The van der Waals surface area contributed by atoms with Gasteiger partial charge in [0.05, 0.1) is 11.9 Å². The zero-order valence-corrected chi connectivity index (χ0v) is 16.0. The van der Waals surface area contributed by atoms with Crippen molar-refractivity contribution in [2.45, 2.75) is 20.8 Å². The number of carbonyl (C=O) groups is 2. The van der Waals surface area contributed by atoms with E-state index in [1.807, 2.05) is 19.9 Å². The lowest BCUT2D eigenvalue weighted by Gasteiger charge is -2.35. The Morgan fingerprint density at radius 1 is 1.08 bits per heavy atom. The summed E-state index contributed by atoms with van der Waals surface area (Å²) in [6, 6.07) is 5.40. The first-order valence-electron chi connectivity index (χ1n) is 8.18. The zero-order chi connectivity index (χ0) is 18.8. The van der Waals surface area contributed by atoms with Gasteiger partial charge < -0.3 is 9.80 Å². The molecule has 0 spiro atoms. The zero-order valence-electron chi connectivity index (χ0n) is 15.2. The third-order valence-electron chi connectivity index (χ3n) is 4.60. The number of anilines is 1. The van der Waals surface area contributed by atoms with Crippen LogP contribution >= 0.6 is 0 Å². The predicted molar refractivity (Wildman–Crippen MR) is 96.9 cm³/mol. The van der Waals surface area contributed by atoms with Gasteiger partial charge in [-0.1, -0.05) is 12.1 Å². The quantitative estimate of drug-likeness (QED) is 0.787. The van der Waals surface area contributed by atoms with Gasteiger partial charge in [-0.05, 0) is 31.0 Å². The average molecular weight is 367 g/mol. The van der Waals surface area contributed by atoms with E-state index in [9.17, 15) is 18.0 Å². The number of nitrogens with zero attached hydrogens (tertiary/aromatic N) is 3. The molecule has 0 bridgehead atoms. The van der Waals surface area contributed by atoms with E-state index in [2.05, 4.69) is 0 Å². The van der Waals surface area contributed by atoms with E-state index in [0.717, 1.165) is 21.7 Å². The predicted octanol–water partition coefficient (Wildman–Crippen LogP) is 0.760. The minimum atomic E-state index is -3.59. The molecule has 0 unspecified atom stereocenters. The summed E-state index contributed by atoms with van der Waals surface area (Å²) in [7, 11) is -3.59. The topological polar surface area (TPSA) is 78.0 Å². The Hall–Kier alpha value is -2.09. The Balaban J connectivity index is 2.17. The van der Waals surface area contributed by atoms with Crippen molar-refractivity contribution in [1.29, 1.82) is 0 Å². The van der Waals surface area contributed by atoms with Crippen molar-refractivity contribution in [3.05, 3.63) is 29.3 Å². The Bertz CT molecular complexity index is 768. The summed E-state index contributed by atoms with van der Waals surface area (Å²) in [5, 5.41) is 0. The molecule has 1 aliphatic heterocycles. The molecule has 25 heavy (non-hydrogen) atoms. The van der Waals surface area contributed by atoms with Crippen LogP contribution in [-0.4, -0.2) is 69.0 Å². The normalized spacial score (nSPS) is 15.2. The van der Waals surface area contributed by atoms with E-state index < -0.39 is 10.0 Å². The van der Waals surface area contributed by atoms with E-state index in [4.69, 9.17) is 0 Å². The molecule has 2 rings (SSSR count). The first-order chi connectivity index (χ1) is 11.6. The Morgan fingerprint density at radius 2 is 1.64 bits per heavy atom. The van der Waals surface area contributed by atoms with Crippen LogP contribution in [-0.2, 0) is 19.6 Å². The molecule has 0 aliphatic carbocycles. The average Bonchev–Trinajstić information content (AvgIpc) is 2.54. The number of rotatable bonds is 4.